The van der Waals surface area contributed by atoms with Gasteiger partial charge in [0.2, 0.25) is 5.82 Å². The van der Waals surface area contributed by atoms with Gasteiger partial charge in [0.05, 0.1) is 6.61 Å². The molecule has 3 rings (SSSR count). The number of hydrogen-bond donors (Lipinski definition) is 0. The van der Waals surface area contributed by atoms with Crippen LogP contribution in [0.3, 0.4) is 0 Å². The molecule has 0 heterocycles. The molecule has 0 aromatic heterocycles. The SMILES string of the molecule is CCCCCOc1ccc(C2CCC(C#Cc3ccc(C)c(F)c3)CC2)c(F)c1F. The second-order valence-corrected chi connectivity index (χ2v) is 8.12. The lowest BCUT2D eigenvalue weighted by Crippen LogP contribution is -2.14. The van der Waals surface area contributed by atoms with Crippen LogP contribution in [0.5, 0.6) is 5.75 Å². The maximum Gasteiger partial charge on any atom is 0.200 e. The van der Waals surface area contributed by atoms with Crippen molar-refractivity contribution in [3.63, 3.8) is 0 Å². The number of ether oxygens (including phenoxy) is 1. The molecule has 0 bridgehead atoms. The summed E-state index contributed by atoms with van der Waals surface area (Å²) in [7, 11) is 0. The zero-order chi connectivity index (χ0) is 21.5. The van der Waals surface area contributed by atoms with Crippen LogP contribution in [0.4, 0.5) is 13.2 Å². The quantitative estimate of drug-likeness (QED) is 0.356. The summed E-state index contributed by atoms with van der Waals surface area (Å²) in [4.78, 5) is 0. The van der Waals surface area contributed by atoms with Crippen LogP contribution >= 0.6 is 0 Å². The average Bonchev–Trinajstić information content (AvgIpc) is 2.75. The third-order valence-electron chi connectivity index (χ3n) is 5.84. The monoisotopic (exact) mass is 414 g/mol. The van der Waals surface area contributed by atoms with Gasteiger partial charge in [-0.25, -0.2) is 8.78 Å². The summed E-state index contributed by atoms with van der Waals surface area (Å²) in [6.07, 6.45) is 6.05. The Morgan fingerprint density at radius 2 is 1.73 bits per heavy atom. The second kappa shape index (κ2) is 10.6. The van der Waals surface area contributed by atoms with Gasteiger partial charge in [-0.3, -0.25) is 0 Å². The highest BCUT2D eigenvalue weighted by atomic mass is 19.2. The van der Waals surface area contributed by atoms with Crippen molar-refractivity contribution >= 4 is 0 Å². The van der Waals surface area contributed by atoms with Gasteiger partial charge >= 0.3 is 0 Å². The van der Waals surface area contributed by atoms with Gasteiger partial charge in [-0.15, -0.1) is 0 Å². The summed E-state index contributed by atoms with van der Waals surface area (Å²) in [5.41, 5.74) is 1.70. The minimum absolute atomic E-state index is 0.00256. The first-order valence-corrected chi connectivity index (χ1v) is 10.9. The molecule has 1 fully saturated rings. The Bertz CT molecular complexity index is 918. The summed E-state index contributed by atoms with van der Waals surface area (Å²) in [5, 5.41) is 0. The fourth-order valence-electron chi connectivity index (χ4n) is 3.91. The molecule has 2 aromatic carbocycles. The summed E-state index contributed by atoms with van der Waals surface area (Å²) >= 11 is 0. The Morgan fingerprint density at radius 3 is 2.43 bits per heavy atom. The number of benzene rings is 2. The van der Waals surface area contributed by atoms with Gasteiger partial charge < -0.3 is 4.74 Å². The van der Waals surface area contributed by atoms with Crippen LogP contribution in [0.15, 0.2) is 30.3 Å². The van der Waals surface area contributed by atoms with Gasteiger partial charge in [0, 0.05) is 11.5 Å². The van der Waals surface area contributed by atoms with Gasteiger partial charge in [-0.2, -0.15) is 4.39 Å². The highest BCUT2D eigenvalue weighted by Crippen LogP contribution is 2.38. The molecule has 0 amide bonds. The molecule has 1 saturated carbocycles. The Hall–Kier alpha value is -2.41. The molecule has 30 heavy (non-hydrogen) atoms. The minimum Gasteiger partial charge on any atom is -0.490 e. The summed E-state index contributed by atoms with van der Waals surface area (Å²) in [6, 6.07) is 8.22. The fraction of sp³-hybridized carbons (Fsp3) is 0.462. The van der Waals surface area contributed by atoms with E-state index in [4.69, 9.17) is 4.74 Å². The topological polar surface area (TPSA) is 9.23 Å². The van der Waals surface area contributed by atoms with Crippen molar-refractivity contribution in [3.05, 3.63) is 64.5 Å². The van der Waals surface area contributed by atoms with E-state index in [9.17, 15) is 13.2 Å². The predicted octanol–water partition coefficient (Wildman–Crippen LogP) is 7.31. The maximum absolute atomic E-state index is 14.6. The highest BCUT2D eigenvalue weighted by molar-refractivity contribution is 5.37. The molecule has 2 aromatic rings. The van der Waals surface area contributed by atoms with E-state index in [0.717, 1.165) is 44.9 Å². The zero-order valence-corrected chi connectivity index (χ0v) is 17.7. The molecule has 1 nitrogen and oxygen atoms in total. The molecule has 1 aliphatic rings. The van der Waals surface area contributed by atoms with E-state index in [2.05, 4.69) is 18.8 Å². The van der Waals surface area contributed by atoms with Crippen molar-refractivity contribution in [3.8, 4) is 17.6 Å². The average molecular weight is 415 g/mol. The standard InChI is InChI=1S/C26H29F3O/c1-3-4-5-16-30-24-15-14-22(25(28)26(24)29)21-12-10-19(11-13-21)8-9-20-7-6-18(2)23(27)17-20/h6-7,14-15,17,19,21H,3-5,10-13,16H2,1-2H3. The van der Waals surface area contributed by atoms with E-state index in [-0.39, 0.29) is 23.4 Å². The molecular formula is C26H29F3O. The van der Waals surface area contributed by atoms with Crippen molar-refractivity contribution in [1.29, 1.82) is 0 Å². The predicted molar refractivity (Wildman–Crippen MR) is 114 cm³/mol. The largest absolute Gasteiger partial charge is 0.490 e. The molecule has 1 aliphatic carbocycles. The molecule has 0 atom stereocenters. The summed E-state index contributed by atoms with van der Waals surface area (Å²) in [5.74, 6) is 4.54. The van der Waals surface area contributed by atoms with E-state index in [1.54, 1.807) is 25.1 Å². The summed E-state index contributed by atoms with van der Waals surface area (Å²) in [6.45, 7) is 4.21. The number of rotatable bonds is 6. The van der Waals surface area contributed by atoms with Crippen molar-refractivity contribution in [2.45, 2.75) is 64.7 Å². The molecular weight excluding hydrogens is 385 g/mol. The lowest BCUT2D eigenvalue weighted by Gasteiger charge is -2.26. The van der Waals surface area contributed by atoms with E-state index < -0.39 is 11.6 Å². The van der Waals surface area contributed by atoms with Crippen LogP contribution < -0.4 is 4.74 Å². The van der Waals surface area contributed by atoms with E-state index >= 15 is 0 Å². The van der Waals surface area contributed by atoms with E-state index in [0.29, 0.717) is 23.3 Å². The van der Waals surface area contributed by atoms with Crippen molar-refractivity contribution < 1.29 is 17.9 Å². The van der Waals surface area contributed by atoms with Gasteiger partial charge in [0.25, 0.3) is 0 Å². The fourth-order valence-corrected chi connectivity index (χ4v) is 3.91. The number of aryl methyl sites for hydroxylation is 1. The van der Waals surface area contributed by atoms with Crippen LogP contribution in [-0.4, -0.2) is 6.61 Å². The molecule has 0 N–H and O–H groups in total. The normalized spacial score (nSPS) is 18.6. The van der Waals surface area contributed by atoms with Gasteiger partial charge in [-0.1, -0.05) is 43.7 Å². The smallest absolute Gasteiger partial charge is 0.200 e. The van der Waals surface area contributed by atoms with Crippen LogP contribution in [-0.2, 0) is 0 Å². The Morgan fingerprint density at radius 1 is 0.967 bits per heavy atom. The molecule has 0 aliphatic heterocycles. The molecule has 0 spiro atoms. The lowest BCUT2D eigenvalue weighted by molar-refractivity contribution is 0.284. The molecule has 0 saturated heterocycles. The van der Waals surface area contributed by atoms with Crippen molar-refractivity contribution in [2.75, 3.05) is 6.61 Å². The number of unbranched alkanes of at least 4 members (excludes halogenated alkanes) is 2. The molecule has 0 radical (unpaired) electrons. The Kier molecular flexibility index (Phi) is 7.85. The van der Waals surface area contributed by atoms with Crippen LogP contribution in [0, 0.1) is 42.1 Å². The van der Waals surface area contributed by atoms with Crippen molar-refractivity contribution in [2.24, 2.45) is 5.92 Å². The third-order valence-corrected chi connectivity index (χ3v) is 5.84. The maximum atomic E-state index is 14.6. The first kappa shape index (κ1) is 22.3. The highest BCUT2D eigenvalue weighted by Gasteiger charge is 2.26. The van der Waals surface area contributed by atoms with E-state index in [1.165, 1.54) is 6.07 Å². The van der Waals surface area contributed by atoms with Crippen molar-refractivity contribution in [1.82, 2.24) is 0 Å². The van der Waals surface area contributed by atoms with Crippen LogP contribution in [0.2, 0.25) is 0 Å². The third kappa shape index (κ3) is 5.59. The number of halogens is 3. The summed E-state index contributed by atoms with van der Waals surface area (Å²) < 4.78 is 48.1. The first-order valence-electron chi connectivity index (χ1n) is 10.9. The zero-order valence-electron chi connectivity index (χ0n) is 17.7. The van der Waals surface area contributed by atoms with Crippen LogP contribution in [0.25, 0.3) is 0 Å². The molecule has 160 valence electrons. The van der Waals surface area contributed by atoms with Gasteiger partial charge in [0.1, 0.15) is 5.82 Å². The van der Waals surface area contributed by atoms with Crippen LogP contribution in [0.1, 0.15) is 74.5 Å². The Balaban J connectivity index is 1.59. The Labute approximate surface area is 177 Å². The lowest BCUT2D eigenvalue weighted by atomic mass is 9.78. The number of hydrogen-bond acceptors (Lipinski definition) is 1. The molecule has 4 heteroatoms. The molecule has 0 unspecified atom stereocenters. The second-order valence-electron chi connectivity index (χ2n) is 8.12. The minimum atomic E-state index is -0.882. The van der Waals surface area contributed by atoms with E-state index in [1.807, 2.05) is 6.07 Å². The van der Waals surface area contributed by atoms with Gasteiger partial charge in [0.15, 0.2) is 11.6 Å². The first-order chi connectivity index (χ1) is 14.5. The van der Waals surface area contributed by atoms with Gasteiger partial charge in [-0.05, 0) is 74.3 Å².